The summed E-state index contributed by atoms with van der Waals surface area (Å²) in [6.45, 7) is 3.39. The number of hydrogen-bond donors (Lipinski definition) is 1. The van der Waals surface area contributed by atoms with Crippen LogP contribution in [0, 0.1) is 0 Å². The van der Waals surface area contributed by atoms with Crippen LogP contribution in [0.4, 0.5) is 13.2 Å². The Balaban J connectivity index is 2.55. The minimum absolute atomic E-state index is 0.261. The number of carbonyl (C=O) groups is 1. The van der Waals surface area contributed by atoms with Crippen LogP contribution >= 0.6 is 0 Å². The first-order chi connectivity index (χ1) is 11.7. The second-order valence-corrected chi connectivity index (χ2v) is 7.39. The Labute approximate surface area is 146 Å². The van der Waals surface area contributed by atoms with E-state index in [-0.39, 0.29) is 10.9 Å². The van der Waals surface area contributed by atoms with E-state index < -0.39 is 28.8 Å². The smallest absolute Gasteiger partial charge is 0.298 e. The van der Waals surface area contributed by atoms with Gasteiger partial charge in [-0.3, -0.25) is 9.78 Å². The van der Waals surface area contributed by atoms with Gasteiger partial charge in [-0.1, -0.05) is 24.3 Å². The van der Waals surface area contributed by atoms with E-state index in [0.29, 0.717) is 17.4 Å². The van der Waals surface area contributed by atoms with Gasteiger partial charge in [0.2, 0.25) is 0 Å². The normalized spacial score (nSPS) is 14.3. The van der Waals surface area contributed by atoms with Crippen LogP contribution in [-0.4, -0.2) is 20.7 Å². The van der Waals surface area contributed by atoms with Crippen molar-refractivity contribution >= 4 is 17.3 Å². The zero-order valence-electron chi connectivity index (χ0n) is 13.6. The van der Waals surface area contributed by atoms with Crippen molar-refractivity contribution in [3.05, 3.63) is 65.0 Å². The summed E-state index contributed by atoms with van der Waals surface area (Å²) < 4.78 is 55.0. The lowest BCUT2D eigenvalue weighted by Crippen LogP contribution is -2.31. The molecular weight excluding hydrogens is 353 g/mol. The number of nitrogens with one attached hydrogen (secondary N) is 1. The fraction of sp³-hybridized carbons (Fsp3) is 0.294. The topological polar surface area (TPSA) is 59.1 Å². The van der Waals surface area contributed by atoms with Gasteiger partial charge in [0.25, 0.3) is 0 Å². The molecule has 2 rings (SSSR count). The van der Waals surface area contributed by atoms with Gasteiger partial charge in [-0.15, -0.1) is 0 Å². The van der Waals surface area contributed by atoms with Crippen LogP contribution < -0.4 is 4.72 Å². The predicted octanol–water partition coefficient (Wildman–Crippen LogP) is 3.66. The third-order valence-electron chi connectivity index (χ3n) is 3.49. The van der Waals surface area contributed by atoms with E-state index in [1.165, 1.54) is 36.5 Å². The fourth-order valence-corrected chi connectivity index (χ4v) is 2.94. The molecule has 0 amide bonds. The number of carbonyl (C=O) groups excluding carboxylic acids is 1. The quantitative estimate of drug-likeness (QED) is 0.790. The van der Waals surface area contributed by atoms with Crippen molar-refractivity contribution in [3.63, 3.8) is 0 Å². The molecule has 1 aromatic carbocycles. The first kappa shape index (κ1) is 19.3. The number of rotatable bonds is 6. The third-order valence-corrected chi connectivity index (χ3v) is 4.81. The van der Waals surface area contributed by atoms with Crippen molar-refractivity contribution in [2.45, 2.75) is 31.3 Å². The Morgan fingerprint density at radius 1 is 1.16 bits per heavy atom. The zero-order valence-corrected chi connectivity index (χ0v) is 14.4. The Hall–Kier alpha value is -2.06. The van der Waals surface area contributed by atoms with Crippen LogP contribution in [0.25, 0.3) is 0 Å². The number of alkyl halides is 3. The highest BCUT2D eigenvalue weighted by Crippen LogP contribution is 2.35. The van der Waals surface area contributed by atoms with Gasteiger partial charge in [-0.05, 0) is 31.5 Å². The molecule has 2 aromatic rings. The molecule has 0 spiro atoms. The van der Waals surface area contributed by atoms with Gasteiger partial charge >= 0.3 is 6.18 Å². The van der Waals surface area contributed by atoms with Crippen molar-refractivity contribution in [3.8, 4) is 0 Å². The first-order valence-electron chi connectivity index (χ1n) is 7.48. The highest BCUT2D eigenvalue weighted by Gasteiger charge is 2.37. The summed E-state index contributed by atoms with van der Waals surface area (Å²) >= 11 is 0. The summed E-state index contributed by atoms with van der Waals surface area (Å²) in [6, 6.07) is 7.15. The minimum atomic E-state index is -4.59. The molecule has 8 heteroatoms. The first-order valence-corrected chi connectivity index (χ1v) is 8.69. The fourth-order valence-electron chi connectivity index (χ4n) is 2.19. The maximum absolute atomic E-state index is 13.3. The molecule has 0 saturated carbocycles. The molecule has 4 nitrogen and oxygen atoms in total. The maximum Gasteiger partial charge on any atom is 0.418 e. The predicted molar refractivity (Wildman–Crippen MR) is 89.3 cm³/mol. The number of benzene rings is 1. The summed E-state index contributed by atoms with van der Waals surface area (Å²) in [5.41, 5.74) is -0.330. The monoisotopic (exact) mass is 370 g/mol. The summed E-state index contributed by atoms with van der Waals surface area (Å²) in [5, 5.41) is -0.296. The number of aromatic nitrogens is 1. The van der Waals surface area contributed by atoms with E-state index in [2.05, 4.69) is 9.71 Å². The number of hydrogen-bond acceptors (Lipinski definition) is 3. The van der Waals surface area contributed by atoms with E-state index in [9.17, 15) is 22.2 Å². The second kappa shape index (κ2) is 7.88. The second-order valence-electron chi connectivity index (χ2n) is 5.62. The molecule has 0 aliphatic rings. The van der Waals surface area contributed by atoms with Gasteiger partial charge in [0.15, 0.2) is 0 Å². The lowest BCUT2D eigenvalue weighted by molar-refractivity contribution is -0.138. The standard InChI is InChI=1S/C17H17F3N2O2S/c1-11(2)25(24)22-15(13-7-5-12(10-23)6-8-13)16-14(17(18,19)20)4-3-9-21-16/h3-11,15,22H,1-2H3. The van der Waals surface area contributed by atoms with Gasteiger partial charge < -0.3 is 0 Å². The van der Waals surface area contributed by atoms with Gasteiger partial charge in [0.1, 0.15) is 6.29 Å². The molecule has 1 N–H and O–H groups in total. The lowest BCUT2D eigenvalue weighted by Gasteiger charge is -2.22. The van der Waals surface area contributed by atoms with Crippen LogP contribution in [0.3, 0.4) is 0 Å². The molecule has 1 aromatic heterocycles. The van der Waals surface area contributed by atoms with Crippen molar-refractivity contribution < 1.29 is 22.2 Å². The van der Waals surface area contributed by atoms with E-state index in [4.69, 9.17) is 0 Å². The van der Waals surface area contributed by atoms with Gasteiger partial charge in [-0.25, -0.2) is 8.93 Å². The van der Waals surface area contributed by atoms with Crippen molar-refractivity contribution in [2.24, 2.45) is 0 Å². The molecule has 0 fully saturated rings. The van der Waals surface area contributed by atoms with Gasteiger partial charge in [-0.2, -0.15) is 13.2 Å². The van der Waals surface area contributed by atoms with Gasteiger partial charge in [0, 0.05) is 17.0 Å². The third kappa shape index (κ3) is 4.73. The molecule has 0 radical (unpaired) electrons. The van der Waals surface area contributed by atoms with Crippen LogP contribution in [0.15, 0.2) is 42.6 Å². The largest absolute Gasteiger partial charge is 0.418 e. The van der Waals surface area contributed by atoms with Crippen LogP contribution in [0.5, 0.6) is 0 Å². The number of aldehydes is 1. The molecule has 1 heterocycles. The van der Waals surface area contributed by atoms with E-state index in [0.717, 1.165) is 6.07 Å². The molecular formula is C17H17F3N2O2S. The molecule has 25 heavy (non-hydrogen) atoms. The van der Waals surface area contributed by atoms with Crippen molar-refractivity contribution in [1.82, 2.24) is 9.71 Å². The average molecular weight is 370 g/mol. The molecule has 2 atom stereocenters. The van der Waals surface area contributed by atoms with Crippen LogP contribution in [0.1, 0.15) is 47.1 Å². The molecule has 0 bridgehead atoms. The Kier molecular flexibility index (Phi) is 6.07. The summed E-state index contributed by atoms with van der Waals surface area (Å²) in [4.78, 5) is 14.7. The number of pyridine rings is 1. The number of halogens is 3. The Morgan fingerprint density at radius 2 is 1.80 bits per heavy atom. The molecule has 134 valence electrons. The molecule has 0 saturated heterocycles. The van der Waals surface area contributed by atoms with Crippen molar-refractivity contribution in [2.75, 3.05) is 0 Å². The van der Waals surface area contributed by atoms with E-state index >= 15 is 0 Å². The highest BCUT2D eigenvalue weighted by atomic mass is 32.2. The molecule has 2 unspecified atom stereocenters. The zero-order chi connectivity index (χ0) is 18.6. The van der Waals surface area contributed by atoms with Crippen LogP contribution in [0.2, 0.25) is 0 Å². The van der Waals surface area contributed by atoms with Gasteiger partial charge in [0.05, 0.1) is 28.3 Å². The molecule has 0 aliphatic carbocycles. The van der Waals surface area contributed by atoms with E-state index in [1.54, 1.807) is 13.8 Å². The lowest BCUT2D eigenvalue weighted by atomic mass is 9.99. The van der Waals surface area contributed by atoms with Crippen molar-refractivity contribution in [1.29, 1.82) is 0 Å². The Morgan fingerprint density at radius 3 is 2.32 bits per heavy atom. The van der Waals surface area contributed by atoms with E-state index in [1.807, 2.05) is 0 Å². The summed E-state index contributed by atoms with van der Waals surface area (Å²) in [6.07, 6.45) is -2.69. The summed E-state index contributed by atoms with van der Waals surface area (Å²) in [5.74, 6) is 0. The average Bonchev–Trinajstić information content (AvgIpc) is 2.58. The highest BCUT2D eigenvalue weighted by molar-refractivity contribution is 7.83. The SMILES string of the molecule is CC(C)S(=O)NC(c1ccc(C=O)cc1)c1ncccc1C(F)(F)F. The Bertz CT molecular complexity index is 761. The number of nitrogens with zero attached hydrogens (tertiary/aromatic N) is 1. The maximum atomic E-state index is 13.3. The summed E-state index contributed by atoms with van der Waals surface area (Å²) in [7, 11) is -1.57. The van der Waals surface area contributed by atoms with Crippen LogP contribution in [-0.2, 0) is 17.2 Å². The molecule has 0 aliphatic heterocycles. The minimum Gasteiger partial charge on any atom is -0.298 e.